The molecule has 5 nitrogen and oxygen atoms in total. The Morgan fingerprint density at radius 3 is 1.52 bits per heavy atom. The Bertz CT molecular complexity index is 3170. The van der Waals surface area contributed by atoms with Crippen LogP contribution in [0.25, 0.3) is 108 Å². The number of rotatable bonds is 6. The van der Waals surface area contributed by atoms with E-state index in [1.54, 1.807) is 22.7 Å². The fraction of sp³-hybridized carbons (Fsp3) is 0. The van der Waals surface area contributed by atoms with Gasteiger partial charge in [0.05, 0.1) is 15.9 Å². The molecule has 4 heterocycles. The maximum atomic E-state index is 5.40. The third-order valence-corrected chi connectivity index (χ3v) is 12.6. The highest BCUT2D eigenvalue weighted by Gasteiger charge is 2.21. The second-order valence-electron chi connectivity index (χ2n) is 13.6. The summed E-state index contributed by atoms with van der Waals surface area (Å²) in [6, 6.07) is 60.9. The fourth-order valence-electron chi connectivity index (χ4n) is 7.50. The van der Waals surface area contributed by atoms with E-state index < -0.39 is 0 Å². The van der Waals surface area contributed by atoms with Gasteiger partial charge in [-0.2, -0.15) is 0 Å². The first kappa shape index (κ1) is 32.5. The second kappa shape index (κ2) is 13.4. The predicted molar refractivity (Wildman–Crippen MR) is 234 cm³/mol. The Balaban J connectivity index is 1.11. The van der Waals surface area contributed by atoms with Gasteiger partial charge in [-0.05, 0) is 29.3 Å². The van der Waals surface area contributed by atoms with Crippen LogP contribution in [0.2, 0.25) is 0 Å². The van der Waals surface area contributed by atoms with Crippen LogP contribution >= 0.6 is 22.7 Å². The van der Waals surface area contributed by atoms with E-state index in [2.05, 4.69) is 109 Å². The lowest BCUT2D eigenvalue weighted by molar-refractivity contribution is 1.08. The van der Waals surface area contributed by atoms with Gasteiger partial charge in [-0.1, -0.05) is 158 Å². The SMILES string of the molecule is c1ccc(-c2ccc(-c3nc(-c4cccc5c4sc4cccc(-c6nc(-c7ccccc7)nc(-c7ccccc7)n6)c45)nc4c3sc3ccccc34)cc2)cc1. The Kier molecular flexibility index (Phi) is 7.79. The molecule has 56 heavy (non-hydrogen) atoms. The van der Waals surface area contributed by atoms with Crippen molar-refractivity contribution in [2.45, 2.75) is 0 Å². The molecule has 0 amide bonds. The van der Waals surface area contributed by atoms with Gasteiger partial charge in [0.2, 0.25) is 0 Å². The summed E-state index contributed by atoms with van der Waals surface area (Å²) in [4.78, 5) is 25.9. The van der Waals surface area contributed by atoms with Crippen LogP contribution in [0.3, 0.4) is 0 Å². The number of nitrogens with zero attached hydrogens (tertiary/aromatic N) is 5. The van der Waals surface area contributed by atoms with Crippen molar-refractivity contribution >= 4 is 63.1 Å². The van der Waals surface area contributed by atoms with Gasteiger partial charge in [-0.25, -0.2) is 24.9 Å². The van der Waals surface area contributed by atoms with E-state index in [0.29, 0.717) is 23.3 Å². The number of aromatic nitrogens is 5. The Morgan fingerprint density at radius 1 is 0.304 bits per heavy atom. The van der Waals surface area contributed by atoms with E-state index in [9.17, 15) is 0 Å². The molecule has 0 fully saturated rings. The van der Waals surface area contributed by atoms with Crippen molar-refractivity contribution in [3.05, 3.63) is 176 Å². The van der Waals surface area contributed by atoms with Gasteiger partial charge in [0, 0.05) is 58.1 Å². The first-order valence-corrected chi connectivity index (χ1v) is 20.1. The van der Waals surface area contributed by atoms with E-state index in [1.165, 1.54) is 15.8 Å². The van der Waals surface area contributed by atoms with Gasteiger partial charge in [0.15, 0.2) is 23.3 Å². The van der Waals surface area contributed by atoms with Gasteiger partial charge in [-0.3, -0.25) is 0 Å². The second-order valence-corrected chi connectivity index (χ2v) is 15.7. The zero-order valence-electron chi connectivity index (χ0n) is 29.8. The molecule has 0 N–H and O–H groups in total. The highest BCUT2D eigenvalue weighted by Crippen LogP contribution is 2.45. The zero-order chi connectivity index (χ0) is 37.0. The summed E-state index contributed by atoms with van der Waals surface area (Å²) >= 11 is 3.51. The third-order valence-electron chi connectivity index (χ3n) is 10.2. The summed E-state index contributed by atoms with van der Waals surface area (Å²) in [5.74, 6) is 2.62. The van der Waals surface area contributed by atoms with E-state index in [4.69, 9.17) is 24.9 Å². The molecule has 4 aromatic heterocycles. The maximum absolute atomic E-state index is 5.40. The summed E-state index contributed by atoms with van der Waals surface area (Å²) in [5.41, 5.74) is 9.19. The predicted octanol–water partition coefficient (Wildman–Crippen LogP) is 13.4. The molecule has 0 aliphatic carbocycles. The first-order chi connectivity index (χ1) is 27.7. The Hall–Kier alpha value is -6.93. The molecule has 262 valence electrons. The molecule has 7 aromatic carbocycles. The van der Waals surface area contributed by atoms with Crippen LogP contribution in [-0.4, -0.2) is 24.9 Å². The van der Waals surface area contributed by atoms with E-state index >= 15 is 0 Å². The van der Waals surface area contributed by atoms with Gasteiger partial charge in [-0.15, -0.1) is 22.7 Å². The summed E-state index contributed by atoms with van der Waals surface area (Å²) < 4.78 is 4.56. The van der Waals surface area contributed by atoms with Crippen LogP contribution in [0.15, 0.2) is 176 Å². The lowest BCUT2D eigenvalue weighted by Crippen LogP contribution is -2.00. The normalized spacial score (nSPS) is 11.6. The van der Waals surface area contributed by atoms with Crippen molar-refractivity contribution in [3.63, 3.8) is 0 Å². The average Bonchev–Trinajstić information content (AvgIpc) is 3.86. The van der Waals surface area contributed by atoms with Crippen molar-refractivity contribution in [2.24, 2.45) is 0 Å². The summed E-state index contributed by atoms with van der Waals surface area (Å²) in [5, 5.41) is 3.37. The van der Waals surface area contributed by atoms with Crippen LogP contribution in [0.4, 0.5) is 0 Å². The minimum absolute atomic E-state index is 0.636. The molecule has 0 radical (unpaired) electrons. The molecular weight excluding hydrogens is 723 g/mol. The molecular formula is C49H29N5S2. The zero-order valence-corrected chi connectivity index (χ0v) is 31.4. The molecule has 0 unspecified atom stereocenters. The summed E-state index contributed by atoms with van der Waals surface area (Å²) in [6.07, 6.45) is 0. The molecule has 11 aromatic rings. The molecule has 0 spiro atoms. The molecule has 0 atom stereocenters. The monoisotopic (exact) mass is 751 g/mol. The van der Waals surface area contributed by atoms with Crippen LogP contribution in [0.1, 0.15) is 0 Å². The van der Waals surface area contributed by atoms with Crippen LogP contribution < -0.4 is 0 Å². The topological polar surface area (TPSA) is 64.5 Å². The standard InChI is InChI=1S/C49H29N5S2/c1-4-14-30(15-5-1)31-26-28-32(29-27-31)42-45-43(35-20-10-11-24-39(35)55-45)51-49(50-42)38-23-12-21-36-41-37(22-13-25-40(41)56-44(36)38)48-53-46(33-16-6-2-7-17-33)52-47(54-48)34-18-8-3-9-19-34/h1-29H. The van der Waals surface area contributed by atoms with Crippen molar-refractivity contribution in [1.82, 2.24) is 24.9 Å². The number of benzene rings is 7. The molecule has 0 aliphatic heterocycles. The summed E-state index contributed by atoms with van der Waals surface area (Å²) in [6.45, 7) is 0. The molecule has 11 rings (SSSR count). The molecule has 0 aliphatic rings. The molecule has 0 bridgehead atoms. The number of thiophene rings is 2. The Morgan fingerprint density at radius 2 is 0.804 bits per heavy atom. The minimum Gasteiger partial charge on any atom is -0.226 e. The van der Waals surface area contributed by atoms with Crippen LogP contribution in [-0.2, 0) is 0 Å². The highest BCUT2D eigenvalue weighted by atomic mass is 32.1. The number of fused-ring (bicyclic) bond motifs is 6. The Labute approximate surface area is 330 Å². The van der Waals surface area contributed by atoms with E-state index in [-0.39, 0.29) is 0 Å². The average molecular weight is 752 g/mol. The number of hydrogen-bond acceptors (Lipinski definition) is 7. The van der Waals surface area contributed by atoms with Gasteiger partial charge in [0.1, 0.15) is 0 Å². The van der Waals surface area contributed by atoms with Crippen molar-refractivity contribution in [1.29, 1.82) is 0 Å². The summed E-state index contributed by atoms with van der Waals surface area (Å²) in [7, 11) is 0. The lowest BCUT2D eigenvalue weighted by atomic mass is 10.0. The van der Waals surface area contributed by atoms with Crippen molar-refractivity contribution in [2.75, 3.05) is 0 Å². The minimum atomic E-state index is 0.636. The van der Waals surface area contributed by atoms with Crippen LogP contribution in [0.5, 0.6) is 0 Å². The van der Waals surface area contributed by atoms with Gasteiger partial charge >= 0.3 is 0 Å². The molecule has 0 saturated carbocycles. The highest BCUT2D eigenvalue weighted by molar-refractivity contribution is 7.26. The lowest BCUT2D eigenvalue weighted by Gasteiger charge is -2.10. The van der Waals surface area contributed by atoms with E-state index in [0.717, 1.165) is 69.3 Å². The molecule has 0 saturated heterocycles. The van der Waals surface area contributed by atoms with Crippen molar-refractivity contribution in [3.8, 4) is 67.9 Å². The third kappa shape index (κ3) is 5.56. The maximum Gasteiger partial charge on any atom is 0.164 e. The van der Waals surface area contributed by atoms with Gasteiger partial charge in [0.25, 0.3) is 0 Å². The molecule has 7 heteroatoms. The fourth-order valence-corrected chi connectivity index (χ4v) is 9.89. The van der Waals surface area contributed by atoms with Crippen LogP contribution in [0, 0.1) is 0 Å². The quantitative estimate of drug-likeness (QED) is 0.169. The largest absolute Gasteiger partial charge is 0.226 e. The van der Waals surface area contributed by atoms with Gasteiger partial charge < -0.3 is 0 Å². The van der Waals surface area contributed by atoms with Crippen molar-refractivity contribution < 1.29 is 0 Å². The number of hydrogen-bond donors (Lipinski definition) is 0. The smallest absolute Gasteiger partial charge is 0.164 e. The first-order valence-electron chi connectivity index (χ1n) is 18.4. The van der Waals surface area contributed by atoms with E-state index in [1.807, 2.05) is 66.7 Å².